The first-order valence-corrected chi connectivity index (χ1v) is 6.52. The quantitative estimate of drug-likeness (QED) is 0.422. The van der Waals surface area contributed by atoms with E-state index in [1.807, 2.05) is 6.07 Å². The van der Waals surface area contributed by atoms with Crippen LogP contribution in [0.5, 0.6) is 0 Å². The normalized spacial score (nSPS) is 22.5. The summed E-state index contributed by atoms with van der Waals surface area (Å²) in [6.45, 7) is 0. The summed E-state index contributed by atoms with van der Waals surface area (Å²) in [5.74, 6) is 0.154. The zero-order chi connectivity index (χ0) is 13.9. The van der Waals surface area contributed by atoms with Crippen molar-refractivity contribution in [1.82, 2.24) is 4.65 Å². The maximum absolute atomic E-state index is 13.1. The molecule has 0 N–H and O–H groups in total. The van der Waals surface area contributed by atoms with Gasteiger partial charge >= 0.3 is 5.84 Å². The van der Waals surface area contributed by atoms with E-state index < -0.39 is 4.65 Å². The fraction of sp³-hybridized carbons (Fsp3) is 0. The van der Waals surface area contributed by atoms with Gasteiger partial charge in [-0.3, -0.25) is 0 Å². The summed E-state index contributed by atoms with van der Waals surface area (Å²) in [6.07, 6.45) is 3.15. The Bertz CT molecular complexity index is 904. The molecular formula is C15H9ClN2O2. The van der Waals surface area contributed by atoms with E-state index in [0.29, 0.717) is 21.1 Å². The minimum absolute atomic E-state index is 0.154. The van der Waals surface area contributed by atoms with Crippen molar-refractivity contribution in [2.75, 3.05) is 0 Å². The van der Waals surface area contributed by atoms with Gasteiger partial charge in [0.25, 0.3) is 5.69 Å². The van der Waals surface area contributed by atoms with Gasteiger partial charge in [-0.1, -0.05) is 29.8 Å². The number of nitrogens with zero attached hydrogens (tertiary/aromatic N) is 2. The molecule has 4 nitrogen and oxygen atoms in total. The summed E-state index contributed by atoms with van der Waals surface area (Å²) >= 11 is 5.97. The molecule has 20 heavy (non-hydrogen) atoms. The third kappa shape index (κ3) is 1.35. The van der Waals surface area contributed by atoms with Gasteiger partial charge < -0.3 is 10.4 Å². The topological polar surface area (TPSA) is 49.1 Å². The maximum atomic E-state index is 13.1. The van der Waals surface area contributed by atoms with Gasteiger partial charge in [-0.15, -0.1) is 4.74 Å². The zero-order valence-corrected chi connectivity index (χ0v) is 11.0. The fourth-order valence-electron chi connectivity index (χ4n) is 2.71. The van der Waals surface area contributed by atoms with Gasteiger partial charge in [0, 0.05) is 22.4 Å². The van der Waals surface area contributed by atoms with Gasteiger partial charge in [0.15, 0.2) is 0 Å². The molecule has 1 unspecified atom stereocenters. The monoisotopic (exact) mass is 284 g/mol. The number of quaternary nitrogens is 1. The maximum Gasteiger partial charge on any atom is 0.391 e. The molecule has 98 valence electrons. The highest BCUT2D eigenvalue weighted by Gasteiger charge is 2.44. The van der Waals surface area contributed by atoms with Crippen LogP contribution in [0.3, 0.4) is 0 Å². The van der Waals surface area contributed by atoms with Gasteiger partial charge in [-0.2, -0.15) is 0 Å². The highest BCUT2D eigenvalue weighted by molar-refractivity contribution is 6.30. The van der Waals surface area contributed by atoms with E-state index in [0.717, 1.165) is 10.4 Å². The van der Waals surface area contributed by atoms with Crippen LogP contribution in [0.1, 0.15) is 0 Å². The molecule has 5 heteroatoms. The van der Waals surface area contributed by atoms with Crippen molar-refractivity contribution >= 4 is 41.1 Å². The van der Waals surface area contributed by atoms with Crippen molar-refractivity contribution in [3.8, 4) is 0 Å². The molecule has 2 aromatic rings. The number of hydrogen-bond donors (Lipinski definition) is 0. The lowest BCUT2D eigenvalue weighted by atomic mass is 10.1. The molecular weight excluding hydrogens is 276 g/mol. The predicted molar refractivity (Wildman–Crippen MR) is 79.5 cm³/mol. The van der Waals surface area contributed by atoms with E-state index in [9.17, 15) is 10.4 Å². The van der Waals surface area contributed by atoms with Crippen molar-refractivity contribution in [1.29, 1.82) is 0 Å². The molecule has 2 aliphatic heterocycles. The Morgan fingerprint density at radius 2 is 1.85 bits per heavy atom. The average Bonchev–Trinajstić information content (AvgIpc) is 2.66. The van der Waals surface area contributed by atoms with Gasteiger partial charge in [0.05, 0.1) is 6.08 Å². The Morgan fingerprint density at radius 3 is 2.70 bits per heavy atom. The average molecular weight is 285 g/mol. The minimum Gasteiger partial charge on any atom is -0.614 e. The Hall–Kier alpha value is -2.14. The molecule has 2 heterocycles. The van der Waals surface area contributed by atoms with Crippen LogP contribution in [-0.2, 0) is 0 Å². The SMILES string of the molecule is [O-][N+]1=C2C=c3ccc(Cl)cc3=C[N+]2([O-])c2ccccc21. The highest BCUT2D eigenvalue weighted by atomic mass is 35.5. The van der Waals surface area contributed by atoms with Gasteiger partial charge in [-0.05, 0) is 17.4 Å². The molecule has 0 radical (unpaired) electrons. The number of benzene rings is 2. The van der Waals surface area contributed by atoms with Gasteiger partial charge in [0.2, 0.25) is 5.69 Å². The summed E-state index contributed by atoms with van der Waals surface area (Å²) in [7, 11) is 0. The van der Waals surface area contributed by atoms with Crippen LogP contribution in [0.2, 0.25) is 5.02 Å². The highest BCUT2D eigenvalue weighted by Crippen LogP contribution is 2.40. The van der Waals surface area contributed by atoms with Crippen LogP contribution in [0.25, 0.3) is 12.3 Å². The first kappa shape index (κ1) is 11.7. The molecule has 0 spiro atoms. The molecule has 0 saturated heterocycles. The summed E-state index contributed by atoms with van der Waals surface area (Å²) in [5.41, 5.74) is 0.822. The lowest BCUT2D eigenvalue weighted by molar-refractivity contribution is -0.356. The first-order chi connectivity index (χ1) is 9.59. The third-order valence-electron chi connectivity index (χ3n) is 3.66. The lowest BCUT2D eigenvalue weighted by Gasteiger charge is -2.30. The van der Waals surface area contributed by atoms with Crippen LogP contribution in [-0.4, -0.2) is 10.6 Å². The Labute approximate surface area is 119 Å². The summed E-state index contributed by atoms with van der Waals surface area (Å²) in [6, 6.07) is 12.1. The van der Waals surface area contributed by atoms with Crippen LogP contribution in [0.4, 0.5) is 11.4 Å². The smallest absolute Gasteiger partial charge is 0.391 e. The second kappa shape index (κ2) is 3.70. The molecule has 2 aliphatic rings. The van der Waals surface area contributed by atoms with Gasteiger partial charge in [0.1, 0.15) is 6.20 Å². The summed E-state index contributed by atoms with van der Waals surface area (Å²) < 4.78 is -0.163. The van der Waals surface area contributed by atoms with E-state index in [1.54, 1.807) is 42.5 Å². The van der Waals surface area contributed by atoms with Crippen molar-refractivity contribution in [2.24, 2.45) is 0 Å². The standard InChI is InChI=1S/C15H9ClN2O2/c16-12-6-5-10-8-15-17(19)13-3-1-2-4-14(13)18(15,20)9-11(10)7-12/h1-9H. The van der Waals surface area contributed by atoms with Gasteiger partial charge in [-0.25, -0.2) is 4.65 Å². The molecule has 4 rings (SSSR count). The minimum atomic E-state index is -0.868. The molecule has 0 aromatic heterocycles. The van der Waals surface area contributed by atoms with Crippen LogP contribution in [0, 0.1) is 10.4 Å². The lowest BCUT2D eigenvalue weighted by Crippen LogP contribution is -2.49. The molecule has 0 fully saturated rings. The predicted octanol–water partition coefficient (Wildman–Crippen LogP) is 1.93. The second-order valence-electron chi connectivity index (χ2n) is 4.85. The molecule has 0 saturated carbocycles. The summed E-state index contributed by atoms with van der Waals surface area (Å²) in [4.78, 5) is 0. The van der Waals surface area contributed by atoms with E-state index in [-0.39, 0.29) is 5.84 Å². The number of amidine groups is 1. The third-order valence-corrected chi connectivity index (χ3v) is 3.90. The van der Waals surface area contributed by atoms with E-state index >= 15 is 0 Å². The summed E-state index contributed by atoms with van der Waals surface area (Å²) in [5, 5.41) is 27.5. The molecule has 0 amide bonds. The van der Waals surface area contributed by atoms with Crippen molar-refractivity contribution < 1.29 is 4.74 Å². The first-order valence-electron chi connectivity index (χ1n) is 6.14. The Balaban J connectivity index is 2.14. The van der Waals surface area contributed by atoms with E-state index in [2.05, 4.69) is 0 Å². The Morgan fingerprint density at radius 1 is 1.05 bits per heavy atom. The number of hydrogen-bond acceptors (Lipinski definition) is 2. The van der Waals surface area contributed by atoms with Crippen LogP contribution < -0.4 is 15.1 Å². The second-order valence-corrected chi connectivity index (χ2v) is 5.28. The molecule has 1 atom stereocenters. The number of para-hydroxylation sites is 2. The number of hydroxylamine groups is 2. The molecule has 2 aromatic carbocycles. The van der Waals surface area contributed by atoms with Crippen LogP contribution in [0.15, 0.2) is 42.5 Å². The molecule has 0 aliphatic carbocycles. The number of fused-ring (bicyclic) bond motifs is 4. The molecule has 0 bridgehead atoms. The fourth-order valence-corrected chi connectivity index (χ4v) is 2.89. The zero-order valence-electron chi connectivity index (χ0n) is 10.3. The Kier molecular flexibility index (Phi) is 2.16. The van der Waals surface area contributed by atoms with Crippen molar-refractivity contribution in [3.05, 3.63) is 68.3 Å². The van der Waals surface area contributed by atoms with E-state index in [1.165, 1.54) is 6.20 Å². The number of rotatable bonds is 0. The van der Waals surface area contributed by atoms with Crippen molar-refractivity contribution in [3.63, 3.8) is 0 Å². The van der Waals surface area contributed by atoms with E-state index in [4.69, 9.17) is 11.6 Å². The van der Waals surface area contributed by atoms with Crippen LogP contribution >= 0.6 is 11.6 Å². The van der Waals surface area contributed by atoms with Crippen molar-refractivity contribution in [2.45, 2.75) is 0 Å². The largest absolute Gasteiger partial charge is 0.614 e. The number of halogens is 1.